The van der Waals surface area contributed by atoms with Crippen LogP contribution in [0.4, 0.5) is 0 Å². The fraction of sp³-hybridized carbons (Fsp3) is 0.714. The second-order valence-corrected chi connectivity index (χ2v) is 2.73. The van der Waals surface area contributed by atoms with Crippen molar-refractivity contribution in [3.05, 3.63) is 0 Å². The van der Waals surface area contributed by atoms with Gasteiger partial charge in [0.15, 0.2) is 0 Å². The summed E-state index contributed by atoms with van der Waals surface area (Å²) in [5, 5.41) is 10.3. The van der Waals surface area contributed by atoms with Crippen molar-refractivity contribution in [3.63, 3.8) is 0 Å². The third-order valence-corrected chi connectivity index (χ3v) is 2.01. The maximum absolute atomic E-state index is 10.3. The molecule has 0 unspecified atom stereocenters. The van der Waals surface area contributed by atoms with Gasteiger partial charge in [-0.2, -0.15) is 0 Å². The van der Waals surface area contributed by atoms with Crippen LogP contribution in [0, 0.1) is 5.92 Å². The third-order valence-electron chi connectivity index (χ3n) is 2.01. The van der Waals surface area contributed by atoms with E-state index >= 15 is 0 Å². The summed E-state index contributed by atoms with van der Waals surface area (Å²) >= 11 is 0. The summed E-state index contributed by atoms with van der Waals surface area (Å²) in [6.45, 7) is 1.09. The van der Waals surface area contributed by atoms with Gasteiger partial charge in [-0.15, -0.1) is 0 Å². The van der Waals surface area contributed by atoms with Crippen molar-refractivity contribution in [1.29, 1.82) is 0 Å². The molecule has 0 aromatic carbocycles. The third kappa shape index (κ3) is 1.93. The lowest BCUT2D eigenvalue weighted by molar-refractivity contribution is -0.312. The van der Waals surface area contributed by atoms with Gasteiger partial charge in [0.25, 0.3) is 0 Å². The highest BCUT2D eigenvalue weighted by atomic mass is 16.4. The van der Waals surface area contributed by atoms with Crippen LogP contribution in [0.1, 0.15) is 12.8 Å². The molecule has 0 saturated carbocycles. The molecule has 62 valence electrons. The summed E-state index contributed by atoms with van der Waals surface area (Å²) in [5.74, 6) is -1.35. The van der Waals surface area contributed by atoms with Gasteiger partial charge in [0.2, 0.25) is 6.41 Å². The standard InChI is InChI=1S/C7H11NO3/c9-5-8-3-1-6(2-4-8)7(10)11/h5-6H,1-4H2,(H,10,11)/p-1. The predicted molar refractivity (Wildman–Crippen MR) is 35.4 cm³/mol. The van der Waals surface area contributed by atoms with Crippen LogP contribution in [0.15, 0.2) is 0 Å². The molecule has 1 amide bonds. The van der Waals surface area contributed by atoms with Gasteiger partial charge < -0.3 is 14.8 Å². The van der Waals surface area contributed by atoms with E-state index in [0.29, 0.717) is 25.9 Å². The molecule has 0 aromatic heterocycles. The van der Waals surface area contributed by atoms with E-state index in [1.165, 1.54) is 0 Å². The second kappa shape index (κ2) is 3.37. The van der Waals surface area contributed by atoms with E-state index in [2.05, 4.69) is 0 Å². The van der Waals surface area contributed by atoms with Gasteiger partial charge in [-0.3, -0.25) is 4.79 Å². The Morgan fingerprint density at radius 2 is 2.00 bits per heavy atom. The molecule has 0 atom stereocenters. The summed E-state index contributed by atoms with van der Waals surface area (Å²) in [6, 6.07) is 0. The largest absolute Gasteiger partial charge is 0.550 e. The SMILES string of the molecule is O=CN1CCC(C(=O)[O-])CC1. The molecular formula is C7H10NO3-. The lowest BCUT2D eigenvalue weighted by Crippen LogP contribution is -2.40. The van der Waals surface area contributed by atoms with Crippen molar-refractivity contribution < 1.29 is 14.7 Å². The van der Waals surface area contributed by atoms with Gasteiger partial charge in [0.1, 0.15) is 0 Å². The van der Waals surface area contributed by atoms with Gasteiger partial charge in [-0.25, -0.2) is 0 Å². The molecule has 0 aromatic rings. The molecular weight excluding hydrogens is 146 g/mol. The number of carboxylic acids is 1. The Bertz CT molecular complexity index is 161. The van der Waals surface area contributed by atoms with Gasteiger partial charge in [0, 0.05) is 25.0 Å². The monoisotopic (exact) mass is 156 g/mol. The number of carboxylic acid groups (broad SMARTS) is 1. The quantitative estimate of drug-likeness (QED) is 0.462. The number of nitrogens with zero attached hydrogens (tertiary/aromatic N) is 1. The Morgan fingerprint density at radius 3 is 2.36 bits per heavy atom. The summed E-state index contributed by atoms with van der Waals surface area (Å²) in [4.78, 5) is 22.1. The van der Waals surface area contributed by atoms with Crippen LogP contribution >= 0.6 is 0 Å². The molecule has 1 saturated heterocycles. The molecule has 0 bridgehead atoms. The normalized spacial score (nSPS) is 19.8. The van der Waals surface area contributed by atoms with Crippen LogP contribution in [0.2, 0.25) is 0 Å². The minimum absolute atomic E-state index is 0.355. The Balaban J connectivity index is 2.35. The van der Waals surface area contributed by atoms with Crippen molar-refractivity contribution in [3.8, 4) is 0 Å². The summed E-state index contributed by atoms with van der Waals surface area (Å²) < 4.78 is 0. The number of amides is 1. The number of hydrogen-bond acceptors (Lipinski definition) is 3. The Kier molecular flexibility index (Phi) is 2.46. The summed E-state index contributed by atoms with van der Waals surface area (Å²) in [7, 11) is 0. The Labute approximate surface area is 64.8 Å². The van der Waals surface area contributed by atoms with Gasteiger partial charge in [-0.1, -0.05) is 0 Å². The van der Waals surface area contributed by atoms with E-state index < -0.39 is 5.97 Å². The van der Waals surface area contributed by atoms with Crippen molar-refractivity contribution in [2.24, 2.45) is 5.92 Å². The molecule has 1 rings (SSSR count). The Hall–Kier alpha value is -1.06. The number of piperidine rings is 1. The van der Waals surface area contributed by atoms with Crippen LogP contribution in [0.25, 0.3) is 0 Å². The van der Waals surface area contributed by atoms with Crippen LogP contribution < -0.4 is 5.11 Å². The van der Waals surface area contributed by atoms with E-state index in [1.54, 1.807) is 4.90 Å². The molecule has 4 nitrogen and oxygen atoms in total. The number of carbonyl (C=O) groups excluding carboxylic acids is 2. The molecule has 1 aliphatic rings. The van der Waals surface area contributed by atoms with Crippen LogP contribution in [0.5, 0.6) is 0 Å². The van der Waals surface area contributed by atoms with E-state index in [9.17, 15) is 14.7 Å². The summed E-state index contributed by atoms with van der Waals surface area (Å²) in [6.07, 6.45) is 1.81. The van der Waals surface area contributed by atoms with E-state index in [0.717, 1.165) is 6.41 Å². The zero-order valence-electron chi connectivity index (χ0n) is 6.16. The van der Waals surface area contributed by atoms with Gasteiger partial charge in [-0.05, 0) is 12.8 Å². The fourth-order valence-corrected chi connectivity index (χ4v) is 1.24. The molecule has 11 heavy (non-hydrogen) atoms. The lowest BCUT2D eigenvalue weighted by atomic mass is 9.98. The number of likely N-dealkylation sites (tertiary alicyclic amines) is 1. The molecule has 0 aliphatic carbocycles. The maximum atomic E-state index is 10.3. The van der Waals surface area contributed by atoms with Crippen LogP contribution in [-0.4, -0.2) is 30.4 Å². The molecule has 1 aliphatic heterocycles. The van der Waals surface area contributed by atoms with Crippen molar-refractivity contribution >= 4 is 12.4 Å². The highest BCUT2D eigenvalue weighted by Crippen LogP contribution is 2.14. The first kappa shape index (κ1) is 8.04. The van der Waals surface area contributed by atoms with E-state index in [1.807, 2.05) is 0 Å². The average molecular weight is 156 g/mol. The van der Waals surface area contributed by atoms with Gasteiger partial charge >= 0.3 is 0 Å². The average Bonchev–Trinajstić information content (AvgIpc) is 2.05. The number of hydrogen-bond donors (Lipinski definition) is 0. The molecule has 0 N–H and O–H groups in total. The van der Waals surface area contributed by atoms with E-state index in [-0.39, 0.29) is 5.92 Å². The zero-order chi connectivity index (χ0) is 8.27. The maximum Gasteiger partial charge on any atom is 0.209 e. The number of carbonyl (C=O) groups is 2. The Morgan fingerprint density at radius 1 is 1.45 bits per heavy atom. The topological polar surface area (TPSA) is 60.4 Å². The molecule has 1 fully saturated rings. The van der Waals surface area contributed by atoms with Crippen LogP contribution in [-0.2, 0) is 9.59 Å². The zero-order valence-corrected chi connectivity index (χ0v) is 6.16. The lowest BCUT2D eigenvalue weighted by Gasteiger charge is -2.29. The second-order valence-electron chi connectivity index (χ2n) is 2.73. The first-order valence-corrected chi connectivity index (χ1v) is 3.64. The number of aliphatic carboxylic acids is 1. The van der Waals surface area contributed by atoms with Gasteiger partial charge in [0.05, 0.1) is 0 Å². The highest BCUT2D eigenvalue weighted by Gasteiger charge is 2.18. The molecule has 1 heterocycles. The highest BCUT2D eigenvalue weighted by molar-refractivity contribution is 5.68. The molecule has 0 spiro atoms. The molecule has 4 heteroatoms. The fourth-order valence-electron chi connectivity index (χ4n) is 1.24. The van der Waals surface area contributed by atoms with Crippen molar-refractivity contribution in [2.75, 3.05) is 13.1 Å². The summed E-state index contributed by atoms with van der Waals surface area (Å²) in [5.41, 5.74) is 0. The predicted octanol–water partition coefficient (Wildman–Crippen LogP) is -1.40. The minimum atomic E-state index is -0.990. The van der Waals surface area contributed by atoms with Crippen LogP contribution in [0.3, 0.4) is 0 Å². The first-order valence-electron chi connectivity index (χ1n) is 3.64. The smallest absolute Gasteiger partial charge is 0.209 e. The first-order chi connectivity index (χ1) is 5.24. The van der Waals surface area contributed by atoms with Crippen molar-refractivity contribution in [1.82, 2.24) is 4.90 Å². The van der Waals surface area contributed by atoms with Crippen molar-refractivity contribution in [2.45, 2.75) is 12.8 Å². The molecule has 0 radical (unpaired) electrons. The minimum Gasteiger partial charge on any atom is -0.550 e. The number of rotatable bonds is 2. The van der Waals surface area contributed by atoms with E-state index in [4.69, 9.17) is 0 Å².